The zero-order valence-electron chi connectivity index (χ0n) is 18.2. The summed E-state index contributed by atoms with van der Waals surface area (Å²) in [4.78, 5) is 35.2. The summed E-state index contributed by atoms with van der Waals surface area (Å²) < 4.78 is 14.5. The zero-order chi connectivity index (χ0) is 22.5. The number of hydrogen-bond acceptors (Lipinski definition) is 4. The molecule has 1 fully saturated rings. The minimum atomic E-state index is -0.599. The number of aromatic nitrogens is 1. The van der Waals surface area contributed by atoms with Crippen LogP contribution in [0.25, 0.3) is 0 Å². The van der Waals surface area contributed by atoms with E-state index in [1.807, 2.05) is 13.0 Å². The molecule has 0 bridgehead atoms. The van der Waals surface area contributed by atoms with Crippen LogP contribution < -0.4 is 10.6 Å². The van der Waals surface area contributed by atoms with E-state index >= 15 is 0 Å². The van der Waals surface area contributed by atoms with Gasteiger partial charge in [-0.05, 0) is 36.8 Å². The number of halogens is 1. The number of urea groups is 2. The summed E-state index contributed by atoms with van der Waals surface area (Å²) in [7, 11) is 3.47. The maximum absolute atomic E-state index is 14.5. The minimum Gasteiger partial charge on any atom is -0.351 e. The monoisotopic (exact) mass is 428 g/mol. The second-order valence-electron chi connectivity index (χ2n) is 7.95. The third-order valence-electron chi connectivity index (χ3n) is 5.34. The zero-order valence-corrected chi connectivity index (χ0v) is 18.2. The Morgan fingerprint density at radius 1 is 1.13 bits per heavy atom. The molecule has 0 unspecified atom stereocenters. The molecule has 166 valence electrons. The summed E-state index contributed by atoms with van der Waals surface area (Å²) in [6, 6.07) is 7.83. The molecule has 1 aromatic heterocycles. The highest BCUT2D eigenvalue weighted by atomic mass is 19.1. The maximum Gasteiger partial charge on any atom is 0.319 e. The van der Waals surface area contributed by atoms with Crippen molar-refractivity contribution in [3.8, 4) is 0 Å². The molecule has 9 heteroatoms. The van der Waals surface area contributed by atoms with Crippen LogP contribution in [0.4, 0.5) is 19.7 Å². The molecule has 2 heterocycles. The molecule has 0 radical (unpaired) electrons. The standard InChI is InChI=1S/C22H29FN6O2/c1-16-4-6-19(13-25-16)29(21(24)30)14-17-5-7-20(23)18(12-17)15-27-8-10-28(11-9-27)22(31)26(2)3/h4-7,12-13H,8-11,14-15H2,1-3H3,(H2,24,30). The van der Waals surface area contributed by atoms with Gasteiger partial charge in [-0.1, -0.05) is 6.07 Å². The van der Waals surface area contributed by atoms with Crippen LogP contribution in [-0.2, 0) is 13.1 Å². The number of rotatable bonds is 5. The maximum atomic E-state index is 14.5. The molecule has 1 saturated heterocycles. The predicted molar refractivity (Wildman–Crippen MR) is 117 cm³/mol. The average Bonchev–Trinajstić information content (AvgIpc) is 2.74. The van der Waals surface area contributed by atoms with E-state index in [-0.39, 0.29) is 18.4 Å². The van der Waals surface area contributed by atoms with Gasteiger partial charge >= 0.3 is 12.1 Å². The number of aryl methyl sites for hydroxylation is 1. The normalized spacial score (nSPS) is 14.4. The van der Waals surface area contributed by atoms with Crippen LogP contribution in [-0.4, -0.2) is 72.0 Å². The van der Waals surface area contributed by atoms with Crippen LogP contribution in [0.15, 0.2) is 36.5 Å². The smallest absolute Gasteiger partial charge is 0.319 e. The number of pyridine rings is 1. The van der Waals surface area contributed by atoms with Crippen molar-refractivity contribution >= 4 is 17.7 Å². The summed E-state index contributed by atoms with van der Waals surface area (Å²) in [6.45, 7) is 5.07. The number of anilines is 1. The molecule has 2 N–H and O–H groups in total. The summed E-state index contributed by atoms with van der Waals surface area (Å²) >= 11 is 0. The third kappa shape index (κ3) is 5.69. The van der Waals surface area contributed by atoms with Gasteiger partial charge in [0.2, 0.25) is 0 Å². The lowest BCUT2D eigenvalue weighted by Gasteiger charge is -2.36. The van der Waals surface area contributed by atoms with Crippen molar-refractivity contribution in [2.75, 3.05) is 45.2 Å². The first-order valence-electron chi connectivity index (χ1n) is 10.2. The Morgan fingerprint density at radius 2 is 1.84 bits per heavy atom. The quantitative estimate of drug-likeness (QED) is 0.793. The minimum absolute atomic E-state index is 0.00929. The fourth-order valence-corrected chi connectivity index (χ4v) is 3.57. The van der Waals surface area contributed by atoms with Gasteiger partial charge < -0.3 is 15.5 Å². The van der Waals surface area contributed by atoms with E-state index < -0.39 is 6.03 Å². The van der Waals surface area contributed by atoms with E-state index in [9.17, 15) is 14.0 Å². The van der Waals surface area contributed by atoms with Gasteiger partial charge in [0.1, 0.15) is 5.82 Å². The molecule has 0 aliphatic carbocycles. The first-order valence-corrected chi connectivity index (χ1v) is 10.2. The van der Waals surface area contributed by atoms with Crippen LogP contribution in [0.3, 0.4) is 0 Å². The molecule has 31 heavy (non-hydrogen) atoms. The molecule has 2 aromatic rings. The SMILES string of the molecule is Cc1ccc(N(Cc2ccc(F)c(CN3CCN(C(=O)N(C)C)CC3)c2)C(N)=O)cn1. The van der Waals surface area contributed by atoms with Crippen molar-refractivity contribution in [3.63, 3.8) is 0 Å². The Kier molecular flexibility index (Phi) is 7.06. The summed E-state index contributed by atoms with van der Waals surface area (Å²) in [5.41, 5.74) is 8.33. The number of nitrogens with two attached hydrogens (primary N) is 1. The Hall–Kier alpha value is -3.20. The van der Waals surface area contributed by atoms with E-state index in [0.29, 0.717) is 44.0 Å². The summed E-state index contributed by atoms with van der Waals surface area (Å²) in [5, 5.41) is 0. The molecular formula is C22H29FN6O2. The Balaban J connectivity index is 1.68. The number of carbonyl (C=O) groups is 2. The first kappa shape index (κ1) is 22.5. The van der Waals surface area contributed by atoms with Crippen molar-refractivity contribution in [1.82, 2.24) is 19.7 Å². The number of nitrogens with zero attached hydrogens (tertiary/aromatic N) is 5. The molecule has 1 aliphatic rings. The number of primary amides is 1. The van der Waals surface area contributed by atoms with Crippen LogP contribution in [0, 0.1) is 12.7 Å². The highest BCUT2D eigenvalue weighted by Gasteiger charge is 2.23. The summed E-state index contributed by atoms with van der Waals surface area (Å²) in [5.74, 6) is -0.293. The second kappa shape index (κ2) is 9.74. The van der Waals surface area contributed by atoms with E-state index in [4.69, 9.17) is 5.73 Å². The van der Waals surface area contributed by atoms with Gasteiger partial charge in [-0.3, -0.25) is 14.8 Å². The van der Waals surface area contributed by atoms with Crippen molar-refractivity contribution in [1.29, 1.82) is 0 Å². The van der Waals surface area contributed by atoms with E-state index in [1.54, 1.807) is 48.3 Å². The summed E-state index contributed by atoms with van der Waals surface area (Å²) in [6.07, 6.45) is 1.60. The molecule has 0 spiro atoms. The van der Waals surface area contributed by atoms with Gasteiger partial charge in [0.25, 0.3) is 0 Å². The lowest BCUT2D eigenvalue weighted by molar-refractivity contribution is 0.119. The van der Waals surface area contributed by atoms with Crippen molar-refractivity contribution in [2.24, 2.45) is 5.73 Å². The van der Waals surface area contributed by atoms with Gasteiger partial charge in [0, 0.05) is 58.1 Å². The topological polar surface area (TPSA) is 86.0 Å². The van der Waals surface area contributed by atoms with Crippen LogP contribution in [0.1, 0.15) is 16.8 Å². The number of benzene rings is 1. The Bertz CT molecular complexity index is 926. The fourth-order valence-electron chi connectivity index (χ4n) is 3.57. The van der Waals surface area contributed by atoms with Crippen molar-refractivity contribution < 1.29 is 14.0 Å². The van der Waals surface area contributed by atoms with Gasteiger partial charge in [-0.25, -0.2) is 14.0 Å². The van der Waals surface area contributed by atoms with Gasteiger partial charge in [-0.15, -0.1) is 0 Å². The molecule has 8 nitrogen and oxygen atoms in total. The van der Waals surface area contributed by atoms with Gasteiger partial charge in [0.05, 0.1) is 18.4 Å². The number of amides is 4. The Labute approximate surface area is 182 Å². The van der Waals surface area contributed by atoms with Crippen LogP contribution >= 0.6 is 0 Å². The molecule has 0 atom stereocenters. The molecule has 4 amide bonds. The average molecular weight is 429 g/mol. The van der Waals surface area contributed by atoms with E-state index in [2.05, 4.69) is 9.88 Å². The lowest BCUT2D eigenvalue weighted by Crippen LogP contribution is -2.51. The Morgan fingerprint density at radius 3 is 2.42 bits per heavy atom. The first-order chi connectivity index (χ1) is 14.7. The lowest BCUT2D eigenvalue weighted by atomic mass is 10.1. The van der Waals surface area contributed by atoms with Crippen molar-refractivity contribution in [2.45, 2.75) is 20.0 Å². The predicted octanol–water partition coefficient (Wildman–Crippen LogP) is 2.41. The van der Waals surface area contributed by atoms with Gasteiger partial charge in [0.15, 0.2) is 0 Å². The van der Waals surface area contributed by atoms with E-state index in [1.165, 1.54) is 11.0 Å². The largest absolute Gasteiger partial charge is 0.351 e. The highest BCUT2D eigenvalue weighted by Crippen LogP contribution is 2.20. The number of hydrogen-bond donors (Lipinski definition) is 1. The molecular weight excluding hydrogens is 399 g/mol. The van der Waals surface area contributed by atoms with Crippen LogP contribution in [0.2, 0.25) is 0 Å². The van der Waals surface area contributed by atoms with Crippen LogP contribution in [0.5, 0.6) is 0 Å². The van der Waals surface area contributed by atoms with E-state index in [0.717, 1.165) is 11.3 Å². The van der Waals surface area contributed by atoms with Gasteiger partial charge in [-0.2, -0.15) is 0 Å². The highest BCUT2D eigenvalue weighted by molar-refractivity contribution is 5.90. The second-order valence-corrected chi connectivity index (χ2v) is 7.95. The molecule has 1 aromatic carbocycles. The number of piperazine rings is 1. The molecule has 3 rings (SSSR count). The van der Waals surface area contributed by atoms with Crippen molar-refractivity contribution in [3.05, 3.63) is 59.2 Å². The molecule has 0 saturated carbocycles. The fraction of sp³-hybridized carbons (Fsp3) is 0.409. The molecule has 1 aliphatic heterocycles. The third-order valence-corrected chi connectivity index (χ3v) is 5.34. The number of carbonyl (C=O) groups excluding carboxylic acids is 2.